The molecule has 134 valence electrons. The summed E-state index contributed by atoms with van der Waals surface area (Å²) in [5.74, 6) is -4.33. The van der Waals surface area contributed by atoms with E-state index in [0.29, 0.717) is 12.8 Å². The number of ether oxygens (including phenoxy) is 1. The van der Waals surface area contributed by atoms with Crippen LogP contribution in [0.5, 0.6) is 0 Å². The van der Waals surface area contributed by atoms with E-state index in [4.69, 9.17) is 4.74 Å². The van der Waals surface area contributed by atoms with E-state index >= 15 is 0 Å². The van der Waals surface area contributed by atoms with Gasteiger partial charge in [0.1, 0.15) is 22.8 Å². The minimum atomic E-state index is -5.13. The molecule has 3 rings (SSSR count). The Labute approximate surface area is 137 Å². The first-order chi connectivity index (χ1) is 11.7. The van der Waals surface area contributed by atoms with Crippen molar-refractivity contribution in [3.8, 4) is 0 Å². The molecule has 0 aliphatic heterocycles. The molecule has 2 aromatic rings. The van der Waals surface area contributed by atoms with Crippen LogP contribution in [0.25, 0.3) is 10.9 Å². The van der Waals surface area contributed by atoms with Gasteiger partial charge in [0.15, 0.2) is 0 Å². The van der Waals surface area contributed by atoms with Gasteiger partial charge in [-0.05, 0) is 19.8 Å². The zero-order chi connectivity index (χ0) is 18.5. The Balaban J connectivity index is 2.48. The number of fused-ring (bicyclic) bond motifs is 1. The van der Waals surface area contributed by atoms with Crippen LogP contribution in [0.3, 0.4) is 0 Å². The van der Waals surface area contributed by atoms with Gasteiger partial charge in [0, 0.05) is 18.3 Å². The highest BCUT2D eigenvalue weighted by Gasteiger charge is 2.40. The number of carbonyl (C=O) groups is 1. The average molecular weight is 361 g/mol. The van der Waals surface area contributed by atoms with Gasteiger partial charge in [0.2, 0.25) is 5.43 Å². The molecule has 0 amide bonds. The molecule has 1 saturated carbocycles. The number of esters is 1. The topological polar surface area (TPSA) is 48.3 Å². The lowest BCUT2D eigenvalue weighted by molar-refractivity contribution is -0.138. The highest BCUT2D eigenvalue weighted by molar-refractivity contribution is 5.95. The summed E-state index contributed by atoms with van der Waals surface area (Å²) in [6.45, 7) is 1.41. The van der Waals surface area contributed by atoms with E-state index in [0.717, 1.165) is 10.8 Å². The number of rotatable bonds is 3. The molecule has 1 aliphatic rings. The van der Waals surface area contributed by atoms with Crippen LogP contribution >= 0.6 is 0 Å². The molecular weight excluding hydrogens is 349 g/mol. The minimum absolute atomic E-state index is 0.0126. The van der Waals surface area contributed by atoms with Crippen LogP contribution in [-0.2, 0) is 10.9 Å². The van der Waals surface area contributed by atoms with Gasteiger partial charge in [-0.2, -0.15) is 13.2 Å². The normalized spacial score (nSPS) is 14.8. The van der Waals surface area contributed by atoms with Gasteiger partial charge >= 0.3 is 12.1 Å². The molecule has 1 fully saturated rings. The van der Waals surface area contributed by atoms with Crippen molar-refractivity contribution < 1.29 is 31.5 Å². The fourth-order valence-corrected chi connectivity index (χ4v) is 2.74. The van der Waals surface area contributed by atoms with Crippen LogP contribution in [0.1, 0.15) is 41.7 Å². The van der Waals surface area contributed by atoms with E-state index in [-0.39, 0.29) is 12.7 Å². The number of hydrogen-bond donors (Lipinski definition) is 0. The first kappa shape index (κ1) is 17.4. The zero-order valence-electron chi connectivity index (χ0n) is 12.9. The number of benzene rings is 1. The number of nitrogens with zero attached hydrogens (tertiary/aromatic N) is 1. The van der Waals surface area contributed by atoms with Crippen molar-refractivity contribution in [1.82, 2.24) is 4.57 Å². The lowest BCUT2D eigenvalue weighted by Gasteiger charge is -2.18. The second-order valence-electron chi connectivity index (χ2n) is 5.67. The molecule has 9 heteroatoms. The monoisotopic (exact) mass is 361 g/mol. The smallest absolute Gasteiger partial charge is 0.421 e. The Kier molecular flexibility index (Phi) is 4.04. The fourth-order valence-electron chi connectivity index (χ4n) is 2.74. The molecule has 0 N–H and O–H groups in total. The maximum atomic E-state index is 14.2. The largest absolute Gasteiger partial charge is 0.462 e. The van der Waals surface area contributed by atoms with E-state index in [9.17, 15) is 31.5 Å². The standard InChI is InChI=1S/C16H12F5NO3/c1-2-25-15(24)8-6-22(7-3-4-7)13-11(14(8)23)9(17)5-10(18)12(13)16(19,20)21/h5-7H,2-4H2,1H3. The molecule has 1 aromatic heterocycles. The lowest BCUT2D eigenvalue weighted by atomic mass is 10.0. The molecule has 0 spiro atoms. The van der Waals surface area contributed by atoms with Gasteiger partial charge in [-0.1, -0.05) is 0 Å². The Morgan fingerprint density at radius 1 is 1.28 bits per heavy atom. The van der Waals surface area contributed by atoms with Crippen LogP contribution in [0, 0.1) is 11.6 Å². The Morgan fingerprint density at radius 3 is 2.44 bits per heavy atom. The highest BCUT2D eigenvalue weighted by Crippen LogP contribution is 2.42. The lowest BCUT2D eigenvalue weighted by Crippen LogP contribution is -2.24. The third-order valence-electron chi connectivity index (χ3n) is 3.92. The maximum Gasteiger partial charge on any atom is 0.421 e. The van der Waals surface area contributed by atoms with Crippen LogP contribution in [-0.4, -0.2) is 17.1 Å². The van der Waals surface area contributed by atoms with Gasteiger partial charge in [-0.15, -0.1) is 0 Å². The molecular formula is C16H12F5NO3. The van der Waals surface area contributed by atoms with E-state index < -0.39 is 57.3 Å². The maximum absolute atomic E-state index is 14.2. The summed E-state index contributed by atoms with van der Waals surface area (Å²) in [4.78, 5) is 24.3. The van der Waals surface area contributed by atoms with Crippen LogP contribution in [0.4, 0.5) is 22.0 Å². The molecule has 0 atom stereocenters. The summed E-state index contributed by atoms with van der Waals surface area (Å²) in [6.07, 6.45) is -3.30. The second-order valence-corrected chi connectivity index (χ2v) is 5.67. The van der Waals surface area contributed by atoms with Gasteiger partial charge in [-0.3, -0.25) is 4.79 Å². The van der Waals surface area contributed by atoms with Crippen molar-refractivity contribution in [1.29, 1.82) is 0 Å². The van der Waals surface area contributed by atoms with Gasteiger partial charge < -0.3 is 9.30 Å². The summed E-state index contributed by atoms with van der Waals surface area (Å²) in [6, 6.07) is -0.461. The van der Waals surface area contributed by atoms with Crippen molar-refractivity contribution in [2.75, 3.05) is 6.61 Å². The van der Waals surface area contributed by atoms with Gasteiger partial charge in [0.05, 0.1) is 17.5 Å². The second kappa shape index (κ2) is 5.82. The number of alkyl halides is 3. The Hall–Kier alpha value is -2.45. The molecule has 0 saturated heterocycles. The van der Waals surface area contributed by atoms with E-state index in [2.05, 4.69) is 0 Å². The van der Waals surface area contributed by atoms with E-state index in [1.165, 1.54) is 6.92 Å². The molecule has 0 bridgehead atoms. The summed E-state index contributed by atoms with van der Waals surface area (Å²) in [5, 5.41) is -0.967. The third kappa shape index (κ3) is 2.87. The molecule has 4 nitrogen and oxygen atoms in total. The predicted molar refractivity (Wildman–Crippen MR) is 77.4 cm³/mol. The van der Waals surface area contributed by atoms with Gasteiger partial charge in [0.25, 0.3) is 0 Å². The Bertz CT molecular complexity index is 928. The zero-order valence-corrected chi connectivity index (χ0v) is 12.9. The number of halogens is 5. The highest BCUT2D eigenvalue weighted by atomic mass is 19.4. The van der Waals surface area contributed by atoms with Crippen molar-refractivity contribution in [3.05, 3.63) is 45.2 Å². The number of carbonyl (C=O) groups excluding carboxylic acids is 1. The molecule has 0 radical (unpaired) electrons. The summed E-state index contributed by atoms with van der Waals surface area (Å²) in [7, 11) is 0. The van der Waals surface area contributed by atoms with Gasteiger partial charge in [-0.25, -0.2) is 13.6 Å². The van der Waals surface area contributed by atoms with Crippen LogP contribution in [0.15, 0.2) is 17.1 Å². The summed E-state index contributed by atoms with van der Waals surface area (Å²) < 4.78 is 73.7. The number of pyridine rings is 1. The van der Waals surface area contributed by atoms with Crippen molar-refractivity contribution >= 4 is 16.9 Å². The quantitative estimate of drug-likeness (QED) is 0.617. The van der Waals surface area contributed by atoms with Crippen molar-refractivity contribution in [2.24, 2.45) is 0 Å². The van der Waals surface area contributed by atoms with Crippen molar-refractivity contribution in [3.63, 3.8) is 0 Å². The molecule has 0 unspecified atom stereocenters. The van der Waals surface area contributed by atoms with E-state index in [1.807, 2.05) is 0 Å². The molecule has 1 heterocycles. The Morgan fingerprint density at radius 2 is 1.92 bits per heavy atom. The minimum Gasteiger partial charge on any atom is -0.462 e. The summed E-state index contributed by atoms with van der Waals surface area (Å²) in [5.41, 5.74) is -4.44. The SMILES string of the molecule is CCOC(=O)c1cn(C2CC2)c2c(C(F)(F)F)c(F)cc(F)c2c1=O. The van der Waals surface area contributed by atoms with Crippen LogP contribution in [0.2, 0.25) is 0 Å². The first-order valence-corrected chi connectivity index (χ1v) is 7.48. The summed E-state index contributed by atoms with van der Waals surface area (Å²) >= 11 is 0. The molecule has 1 aliphatic carbocycles. The predicted octanol–water partition coefficient (Wildman–Crippen LogP) is 3.81. The first-order valence-electron chi connectivity index (χ1n) is 7.48. The molecule has 1 aromatic carbocycles. The van der Waals surface area contributed by atoms with Crippen LogP contribution < -0.4 is 5.43 Å². The van der Waals surface area contributed by atoms with E-state index in [1.54, 1.807) is 0 Å². The number of hydrogen-bond acceptors (Lipinski definition) is 3. The molecule has 25 heavy (non-hydrogen) atoms. The fraction of sp³-hybridized carbons (Fsp3) is 0.375. The average Bonchev–Trinajstić information content (AvgIpc) is 3.30. The number of aromatic nitrogens is 1. The third-order valence-corrected chi connectivity index (χ3v) is 3.92. The van der Waals surface area contributed by atoms with Crippen molar-refractivity contribution in [2.45, 2.75) is 32.0 Å².